The van der Waals surface area contributed by atoms with Gasteiger partial charge in [-0.1, -0.05) is 42.5 Å². The number of anilines is 3. The zero-order chi connectivity index (χ0) is 20.8. The fourth-order valence-electron chi connectivity index (χ4n) is 2.97. The van der Waals surface area contributed by atoms with Crippen LogP contribution in [0.1, 0.15) is 5.56 Å². The van der Waals surface area contributed by atoms with Crippen molar-refractivity contribution in [2.75, 3.05) is 15.4 Å². The molecule has 0 aliphatic rings. The molecule has 4 aromatic rings. The van der Waals surface area contributed by atoms with Crippen LogP contribution >= 0.6 is 23.3 Å². The number of urea groups is 1. The molecule has 0 aliphatic heterocycles. The molecule has 0 bridgehead atoms. The van der Waals surface area contributed by atoms with Crippen molar-refractivity contribution in [1.29, 1.82) is 0 Å². The summed E-state index contributed by atoms with van der Waals surface area (Å²) in [7, 11) is 0. The van der Waals surface area contributed by atoms with Gasteiger partial charge in [-0.2, -0.15) is 11.3 Å². The SMILES string of the molecule is Cc1ccccc1NC(=O)Nc1cc(SNc2ccccc2)ccc1-c1ccsc1. The summed E-state index contributed by atoms with van der Waals surface area (Å²) in [6, 6.07) is 25.6. The number of rotatable bonds is 6. The molecule has 0 aliphatic carbocycles. The second kappa shape index (κ2) is 9.52. The summed E-state index contributed by atoms with van der Waals surface area (Å²) >= 11 is 3.14. The molecule has 30 heavy (non-hydrogen) atoms. The molecular formula is C24H21N3OS2. The van der Waals surface area contributed by atoms with Gasteiger partial charge in [0.05, 0.1) is 5.69 Å². The maximum absolute atomic E-state index is 12.7. The van der Waals surface area contributed by atoms with Crippen LogP contribution in [0.15, 0.2) is 94.5 Å². The van der Waals surface area contributed by atoms with Gasteiger partial charge in [-0.3, -0.25) is 0 Å². The molecule has 0 radical (unpaired) electrons. The molecule has 0 fully saturated rings. The first-order valence-corrected chi connectivity index (χ1v) is 11.2. The van der Waals surface area contributed by atoms with E-state index in [9.17, 15) is 4.79 Å². The van der Waals surface area contributed by atoms with E-state index in [0.717, 1.165) is 38.6 Å². The van der Waals surface area contributed by atoms with Crippen LogP contribution in [0.4, 0.5) is 21.9 Å². The highest BCUT2D eigenvalue weighted by Gasteiger charge is 2.12. The van der Waals surface area contributed by atoms with Crippen LogP contribution in [0, 0.1) is 6.92 Å². The topological polar surface area (TPSA) is 53.2 Å². The van der Waals surface area contributed by atoms with Gasteiger partial charge in [0, 0.05) is 21.8 Å². The Morgan fingerprint density at radius 2 is 1.63 bits per heavy atom. The van der Waals surface area contributed by atoms with Gasteiger partial charge in [-0.25, -0.2) is 4.79 Å². The quantitative estimate of drug-likeness (QED) is 0.277. The van der Waals surface area contributed by atoms with Gasteiger partial charge in [-0.05, 0) is 77.2 Å². The van der Waals surface area contributed by atoms with Gasteiger partial charge in [0.1, 0.15) is 0 Å². The van der Waals surface area contributed by atoms with E-state index in [1.54, 1.807) is 11.3 Å². The normalized spacial score (nSPS) is 10.4. The predicted molar refractivity (Wildman–Crippen MR) is 129 cm³/mol. The highest BCUT2D eigenvalue weighted by atomic mass is 32.2. The van der Waals surface area contributed by atoms with E-state index in [1.165, 1.54) is 11.9 Å². The lowest BCUT2D eigenvalue weighted by Gasteiger charge is -2.14. The summed E-state index contributed by atoms with van der Waals surface area (Å²) in [5, 5.41) is 10.1. The minimum absolute atomic E-state index is 0.265. The molecule has 6 heteroatoms. The predicted octanol–water partition coefficient (Wildman–Crippen LogP) is 7.49. The smallest absolute Gasteiger partial charge is 0.323 e. The van der Waals surface area contributed by atoms with Crippen molar-refractivity contribution >= 4 is 46.4 Å². The number of benzene rings is 3. The molecule has 150 valence electrons. The third-order valence-electron chi connectivity index (χ3n) is 4.53. The average molecular weight is 432 g/mol. The van der Waals surface area contributed by atoms with Crippen LogP contribution in [-0.2, 0) is 0 Å². The minimum atomic E-state index is -0.265. The fourth-order valence-corrected chi connectivity index (χ4v) is 4.31. The maximum Gasteiger partial charge on any atom is 0.323 e. The van der Waals surface area contributed by atoms with Crippen molar-refractivity contribution in [1.82, 2.24) is 0 Å². The van der Waals surface area contributed by atoms with Gasteiger partial charge in [0.25, 0.3) is 0 Å². The molecule has 0 saturated heterocycles. The van der Waals surface area contributed by atoms with Crippen molar-refractivity contribution in [2.24, 2.45) is 0 Å². The summed E-state index contributed by atoms with van der Waals surface area (Å²) in [6.45, 7) is 1.97. The van der Waals surface area contributed by atoms with Crippen LogP contribution in [0.3, 0.4) is 0 Å². The Hall–Kier alpha value is -3.22. The zero-order valence-corrected chi connectivity index (χ0v) is 18.0. The molecule has 2 amide bonds. The summed E-state index contributed by atoms with van der Waals surface area (Å²) in [5.74, 6) is 0. The highest BCUT2D eigenvalue weighted by molar-refractivity contribution is 8.00. The molecule has 0 saturated carbocycles. The first-order valence-electron chi connectivity index (χ1n) is 9.47. The van der Waals surface area contributed by atoms with Crippen LogP contribution in [0.25, 0.3) is 11.1 Å². The first-order chi connectivity index (χ1) is 14.7. The molecule has 0 unspecified atom stereocenters. The fraction of sp³-hybridized carbons (Fsp3) is 0.0417. The van der Waals surface area contributed by atoms with E-state index < -0.39 is 0 Å². The Labute approximate surface area is 184 Å². The second-order valence-corrected chi connectivity index (χ2v) is 8.34. The largest absolute Gasteiger partial charge is 0.326 e. The Morgan fingerprint density at radius 3 is 2.40 bits per heavy atom. The van der Waals surface area contributed by atoms with Crippen molar-refractivity contribution in [2.45, 2.75) is 11.8 Å². The lowest BCUT2D eigenvalue weighted by Crippen LogP contribution is -2.20. The number of carbonyl (C=O) groups excluding carboxylic acids is 1. The van der Waals surface area contributed by atoms with E-state index in [0.29, 0.717) is 0 Å². The molecule has 1 aromatic heterocycles. The van der Waals surface area contributed by atoms with Gasteiger partial charge in [0.2, 0.25) is 0 Å². The van der Waals surface area contributed by atoms with Crippen LogP contribution in [0.5, 0.6) is 0 Å². The molecule has 1 heterocycles. The molecular weight excluding hydrogens is 410 g/mol. The number of hydrogen-bond acceptors (Lipinski definition) is 4. The van der Waals surface area contributed by atoms with Gasteiger partial charge in [0.15, 0.2) is 0 Å². The molecule has 3 N–H and O–H groups in total. The number of amides is 2. The van der Waals surface area contributed by atoms with Crippen LogP contribution < -0.4 is 15.4 Å². The lowest BCUT2D eigenvalue weighted by atomic mass is 10.1. The average Bonchev–Trinajstić information content (AvgIpc) is 3.29. The van der Waals surface area contributed by atoms with E-state index >= 15 is 0 Å². The molecule has 3 aromatic carbocycles. The van der Waals surface area contributed by atoms with E-state index in [4.69, 9.17) is 0 Å². The number of hydrogen-bond donors (Lipinski definition) is 3. The lowest BCUT2D eigenvalue weighted by molar-refractivity contribution is 0.262. The van der Waals surface area contributed by atoms with Gasteiger partial charge < -0.3 is 15.4 Å². The van der Waals surface area contributed by atoms with Crippen LogP contribution in [-0.4, -0.2) is 6.03 Å². The maximum atomic E-state index is 12.7. The number of aryl methyl sites for hydroxylation is 1. The van der Waals surface area contributed by atoms with E-state index in [-0.39, 0.29) is 6.03 Å². The summed E-state index contributed by atoms with van der Waals surface area (Å²) in [4.78, 5) is 13.7. The summed E-state index contributed by atoms with van der Waals surface area (Å²) in [5.41, 5.74) is 5.67. The molecule has 0 atom stereocenters. The number of nitrogens with one attached hydrogen (secondary N) is 3. The number of para-hydroxylation sites is 2. The van der Waals surface area contributed by atoms with Crippen molar-refractivity contribution in [3.05, 3.63) is 95.2 Å². The zero-order valence-electron chi connectivity index (χ0n) is 16.4. The van der Waals surface area contributed by atoms with Crippen molar-refractivity contribution < 1.29 is 4.79 Å². The van der Waals surface area contributed by atoms with Crippen molar-refractivity contribution in [3.8, 4) is 11.1 Å². The molecule has 4 nitrogen and oxygen atoms in total. The van der Waals surface area contributed by atoms with E-state index in [1.807, 2.05) is 79.0 Å². The Morgan fingerprint density at radius 1 is 0.867 bits per heavy atom. The Balaban J connectivity index is 1.55. The number of carbonyl (C=O) groups is 1. The standard InChI is InChI=1S/C24H21N3OS2/c1-17-7-5-6-10-22(17)25-24(28)26-23-15-20(30-27-19-8-3-2-4-9-19)11-12-21(23)18-13-14-29-16-18/h2-16,27H,1H3,(H2,25,26,28). The first kappa shape index (κ1) is 20.1. The van der Waals surface area contributed by atoms with Gasteiger partial charge in [-0.15, -0.1) is 0 Å². The monoisotopic (exact) mass is 431 g/mol. The summed E-state index contributed by atoms with van der Waals surface area (Å²) < 4.78 is 3.33. The van der Waals surface area contributed by atoms with Gasteiger partial charge >= 0.3 is 6.03 Å². The van der Waals surface area contributed by atoms with E-state index in [2.05, 4.69) is 32.9 Å². The molecule has 0 spiro atoms. The third kappa shape index (κ3) is 5.03. The minimum Gasteiger partial charge on any atom is -0.326 e. The third-order valence-corrected chi connectivity index (χ3v) is 6.04. The molecule has 4 rings (SSSR count). The highest BCUT2D eigenvalue weighted by Crippen LogP contribution is 2.34. The Kier molecular flexibility index (Phi) is 6.37. The van der Waals surface area contributed by atoms with Crippen molar-refractivity contribution in [3.63, 3.8) is 0 Å². The number of thiophene rings is 1. The Bertz CT molecular complexity index is 1130. The summed E-state index contributed by atoms with van der Waals surface area (Å²) in [6.07, 6.45) is 0. The second-order valence-electron chi connectivity index (χ2n) is 6.68. The van der Waals surface area contributed by atoms with Crippen LogP contribution in [0.2, 0.25) is 0 Å².